The average Bonchev–Trinajstić information content (AvgIpc) is 2.37. The van der Waals surface area contributed by atoms with Gasteiger partial charge in [-0.1, -0.05) is 0 Å². The van der Waals surface area contributed by atoms with E-state index < -0.39 is 12.7 Å². The van der Waals surface area contributed by atoms with E-state index in [1.165, 1.54) is 4.90 Å². The number of anilines is 1. The lowest BCUT2D eigenvalue weighted by atomic mass is 10.1. The Morgan fingerprint density at radius 3 is 2.33 bits per heavy atom. The highest BCUT2D eigenvalue weighted by molar-refractivity contribution is 5.56. The van der Waals surface area contributed by atoms with Crippen LogP contribution in [0.25, 0.3) is 0 Å². The molecule has 0 aliphatic carbocycles. The van der Waals surface area contributed by atoms with Gasteiger partial charge in [-0.25, -0.2) is 0 Å². The zero-order chi connectivity index (χ0) is 15.6. The Morgan fingerprint density at radius 2 is 1.81 bits per heavy atom. The van der Waals surface area contributed by atoms with Gasteiger partial charge in [0, 0.05) is 55.4 Å². The molecule has 2 heterocycles. The van der Waals surface area contributed by atoms with Crippen LogP contribution in [-0.4, -0.2) is 48.8 Å². The van der Waals surface area contributed by atoms with E-state index in [0.717, 1.165) is 22.6 Å². The molecule has 1 aromatic heterocycles. The fraction of sp³-hybridized carbons (Fsp3) is 0.643. The number of halogens is 3. The molecule has 0 atom stereocenters. The van der Waals surface area contributed by atoms with Crippen molar-refractivity contribution in [3.05, 3.63) is 23.0 Å². The number of alkyl halides is 3. The van der Waals surface area contributed by atoms with E-state index in [2.05, 4.69) is 9.88 Å². The maximum atomic E-state index is 12.4. The van der Waals surface area contributed by atoms with E-state index >= 15 is 0 Å². The molecule has 1 aliphatic rings. The van der Waals surface area contributed by atoms with E-state index in [1.54, 1.807) is 0 Å². The molecule has 1 aromatic rings. The molecule has 1 saturated heterocycles. The number of hydrogen-bond acceptors (Lipinski definition) is 4. The van der Waals surface area contributed by atoms with Crippen LogP contribution in [0, 0.1) is 13.8 Å². The van der Waals surface area contributed by atoms with Gasteiger partial charge in [-0.2, -0.15) is 13.2 Å². The standard InChI is InChI=1S/C14H21F3N4/c1-10-7-13(12(8-18)11(2)19-10)21-5-3-20(4-6-21)9-14(15,16)17/h7H,3-6,8-9,18H2,1-2H3. The highest BCUT2D eigenvalue weighted by Crippen LogP contribution is 2.25. The molecule has 1 aliphatic heterocycles. The fourth-order valence-electron chi connectivity index (χ4n) is 2.77. The number of aromatic nitrogens is 1. The van der Waals surface area contributed by atoms with Gasteiger partial charge in [0.05, 0.1) is 6.54 Å². The molecule has 0 aromatic carbocycles. The molecule has 1 fully saturated rings. The molecule has 2 rings (SSSR count). The number of nitrogens with zero attached hydrogens (tertiary/aromatic N) is 3. The first-order chi connectivity index (χ1) is 9.80. The van der Waals surface area contributed by atoms with Crippen LogP contribution >= 0.6 is 0 Å². The second-order valence-corrected chi connectivity index (χ2v) is 5.43. The summed E-state index contributed by atoms with van der Waals surface area (Å²) in [6, 6.07) is 1.97. The lowest BCUT2D eigenvalue weighted by molar-refractivity contribution is -0.146. The SMILES string of the molecule is Cc1cc(N2CCN(CC(F)(F)F)CC2)c(CN)c(C)n1. The van der Waals surface area contributed by atoms with Crippen molar-refractivity contribution in [3.8, 4) is 0 Å². The summed E-state index contributed by atoms with van der Waals surface area (Å²) in [6.07, 6.45) is -4.13. The minimum atomic E-state index is -4.13. The van der Waals surface area contributed by atoms with Gasteiger partial charge >= 0.3 is 6.18 Å². The Morgan fingerprint density at radius 1 is 1.19 bits per heavy atom. The van der Waals surface area contributed by atoms with Crippen LogP contribution in [0.3, 0.4) is 0 Å². The first kappa shape index (κ1) is 16.0. The summed E-state index contributed by atoms with van der Waals surface area (Å²) in [5, 5.41) is 0. The molecule has 0 amide bonds. The molecule has 0 saturated carbocycles. The second-order valence-electron chi connectivity index (χ2n) is 5.43. The molecule has 2 N–H and O–H groups in total. The van der Waals surface area contributed by atoms with E-state index in [9.17, 15) is 13.2 Å². The summed E-state index contributed by atoms with van der Waals surface area (Å²) in [4.78, 5) is 7.95. The summed E-state index contributed by atoms with van der Waals surface area (Å²) in [6.45, 7) is 5.34. The van der Waals surface area contributed by atoms with E-state index in [-0.39, 0.29) is 0 Å². The van der Waals surface area contributed by atoms with E-state index in [0.29, 0.717) is 32.7 Å². The number of rotatable bonds is 3. The monoisotopic (exact) mass is 302 g/mol. The van der Waals surface area contributed by atoms with Crippen LogP contribution in [0.5, 0.6) is 0 Å². The zero-order valence-electron chi connectivity index (χ0n) is 12.4. The average molecular weight is 302 g/mol. The lowest BCUT2D eigenvalue weighted by Crippen LogP contribution is -2.49. The summed E-state index contributed by atoms with van der Waals surface area (Å²) in [5.41, 5.74) is 9.57. The Hall–Kier alpha value is -1.34. The maximum absolute atomic E-state index is 12.4. The topological polar surface area (TPSA) is 45.4 Å². The molecule has 118 valence electrons. The number of aryl methyl sites for hydroxylation is 2. The van der Waals surface area contributed by atoms with Gasteiger partial charge < -0.3 is 10.6 Å². The van der Waals surface area contributed by atoms with Crippen molar-refractivity contribution in [3.63, 3.8) is 0 Å². The van der Waals surface area contributed by atoms with Crippen LogP contribution in [0.4, 0.5) is 18.9 Å². The normalized spacial score (nSPS) is 17.3. The summed E-state index contributed by atoms with van der Waals surface area (Å²) in [5.74, 6) is 0. The number of nitrogens with two attached hydrogens (primary N) is 1. The van der Waals surface area contributed by atoms with Gasteiger partial charge in [0.1, 0.15) is 0 Å². The molecular formula is C14H21F3N4. The van der Waals surface area contributed by atoms with Crippen molar-refractivity contribution in [2.45, 2.75) is 26.6 Å². The van der Waals surface area contributed by atoms with E-state index in [4.69, 9.17) is 5.73 Å². The zero-order valence-corrected chi connectivity index (χ0v) is 12.4. The van der Waals surface area contributed by atoms with Crippen molar-refractivity contribution in [1.29, 1.82) is 0 Å². The van der Waals surface area contributed by atoms with Crippen LogP contribution < -0.4 is 10.6 Å². The molecule has 4 nitrogen and oxygen atoms in total. The molecule has 0 bridgehead atoms. The predicted octanol–water partition coefficient (Wildman–Crippen LogP) is 1.84. The largest absolute Gasteiger partial charge is 0.401 e. The Balaban J connectivity index is 2.09. The number of hydrogen-bond donors (Lipinski definition) is 1. The van der Waals surface area contributed by atoms with Gasteiger partial charge in [0.25, 0.3) is 0 Å². The quantitative estimate of drug-likeness (QED) is 0.925. The molecule has 0 spiro atoms. The third kappa shape index (κ3) is 4.07. The first-order valence-electron chi connectivity index (χ1n) is 7.01. The van der Waals surface area contributed by atoms with Gasteiger partial charge in [0.15, 0.2) is 0 Å². The third-order valence-electron chi connectivity index (χ3n) is 3.76. The third-order valence-corrected chi connectivity index (χ3v) is 3.76. The van der Waals surface area contributed by atoms with Crippen molar-refractivity contribution in [1.82, 2.24) is 9.88 Å². The highest BCUT2D eigenvalue weighted by Gasteiger charge is 2.32. The van der Waals surface area contributed by atoms with Crippen LogP contribution in [0.1, 0.15) is 17.0 Å². The lowest BCUT2D eigenvalue weighted by Gasteiger charge is -2.37. The molecular weight excluding hydrogens is 281 g/mol. The van der Waals surface area contributed by atoms with Crippen molar-refractivity contribution in [2.75, 3.05) is 37.6 Å². The Bertz CT molecular complexity index is 494. The molecule has 7 heteroatoms. The second kappa shape index (κ2) is 6.19. The minimum absolute atomic E-state index is 0.386. The van der Waals surface area contributed by atoms with Crippen molar-refractivity contribution in [2.24, 2.45) is 5.73 Å². The van der Waals surface area contributed by atoms with Gasteiger partial charge in [-0.05, 0) is 19.9 Å². The predicted molar refractivity (Wildman–Crippen MR) is 76.3 cm³/mol. The fourth-order valence-corrected chi connectivity index (χ4v) is 2.77. The van der Waals surface area contributed by atoms with Crippen LogP contribution in [0.15, 0.2) is 6.07 Å². The van der Waals surface area contributed by atoms with Crippen LogP contribution in [-0.2, 0) is 6.54 Å². The van der Waals surface area contributed by atoms with Crippen LogP contribution in [0.2, 0.25) is 0 Å². The maximum Gasteiger partial charge on any atom is 0.401 e. The minimum Gasteiger partial charge on any atom is -0.369 e. The van der Waals surface area contributed by atoms with Crippen molar-refractivity contribution < 1.29 is 13.2 Å². The highest BCUT2D eigenvalue weighted by atomic mass is 19.4. The van der Waals surface area contributed by atoms with Crippen molar-refractivity contribution >= 4 is 5.69 Å². The number of piperazine rings is 1. The van der Waals surface area contributed by atoms with E-state index in [1.807, 2.05) is 19.9 Å². The first-order valence-corrected chi connectivity index (χ1v) is 7.01. The number of pyridine rings is 1. The summed E-state index contributed by atoms with van der Waals surface area (Å²) < 4.78 is 37.2. The van der Waals surface area contributed by atoms with Gasteiger partial charge in [-0.15, -0.1) is 0 Å². The van der Waals surface area contributed by atoms with Gasteiger partial charge in [-0.3, -0.25) is 9.88 Å². The summed E-state index contributed by atoms with van der Waals surface area (Å²) in [7, 11) is 0. The molecule has 0 unspecified atom stereocenters. The Kier molecular flexibility index (Phi) is 4.73. The molecule has 0 radical (unpaired) electrons. The van der Waals surface area contributed by atoms with Gasteiger partial charge in [0.2, 0.25) is 0 Å². The molecule has 21 heavy (non-hydrogen) atoms. The summed E-state index contributed by atoms with van der Waals surface area (Å²) >= 11 is 0. The smallest absolute Gasteiger partial charge is 0.369 e. The Labute approximate surface area is 122 Å².